The van der Waals surface area contributed by atoms with E-state index >= 15 is 0 Å². The zero-order valence-electron chi connectivity index (χ0n) is 8.38. The summed E-state index contributed by atoms with van der Waals surface area (Å²) in [5, 5.41) is 0. The first-order valence-electron chi connectivity index (χ1n) is 4.25. The first kappa shape index (κ1) is 14.2. The summed E-state index contributed by atoms with van der Waals surface area (Å²) in [7, 11) is 0. The zero-order chi connectivity index (χ0) is 10.2. The molecule has 84 valence electrons. The third-order valence-corrected chi connectivity index (χ3v) is 2.38. The van der Waals surface area contributed by atoms with Crippen molar-refractivity contribution in [1.82, 2.24) is 9.97 Å². The highest BCUT2D eigenvalue weighted by Gasteiger charge is 1.95. The van der Waals surface area contributed by atoms with Crippen LogP contribution in [0.3, 0.4) is 0 Å². The Morgan fingerprint density at radius 2 is 2.40 bits per heavy atom. The van der Waals surface area contributed by atoms with Crippen molar-refractivity contribution >= 4 is 30.1 Å². The number of rotatable bonds is 5. The first-order valence-corrected chi connectivity index (χ1v) is 5.40. The van der Waals surface area contributed by atoms with Crippen molar-refractivity contribution in [2.24, 2.45) is 0 Å². The average molecular weight is 249 g/mol. The average Bonchev–Trinajstić information content (AvgIpc) is 2.18. The van der Waals surface area contributed by atoms with Gasteiger partial charge in [0, 0.05) is 24.6 Å². The Balaban J connectivity index is 0.00000196. The van der Waals surface area contributed by atoms with Crippen LogP contribution in [0.1, 0.15) is 12.6 Å². The molecule has 0 N–H and O–H groups in total. The minimum atomic E-state index is -0.229. The number of hydrogen-bond donors (Lipinski definition) is 0. The lowest BCUT2D eigenvalue weighted by Gasteiger charge is -2.01. The molecule has 15 heavy (non-hydrogen) atoms. The number of carbonyl (C=O) groups excluding carboxylic acids is 1. The van der Waals surface area contributed by atoms with E-state index in [1.165, 1.54) is 13.3 Å². The molecule has 1 heterocycles. The van der Waals surface area contributed by atoms with Crippen LogP contribution in [0.25, 0.3) is 0 Å². The van der Waals surface area contributed by atoms with Gasteiger partial charge in [0.25, 0.3) is 0 Å². The lowest BCUT2D eigenvalue weighted by molar-refractivity contribution is -0.140. The number of ether oxygens (including phenoxy) is 1. The number of thioether (sulfide) groups is 1. The number of halogens is 1. The van der Waals surface area contributed by atoms with Gasteiger partial charge in [0.15, 0.2) is 0 Å². The molecule has 0 fully saturated rings. The van der Waals surface area contributed by atoms with Crippen molar-refractivity contribution in [3.05, 3.63) is 24.3 Å². The summed E-state index contributed by atoms with van der Waals surface area (Å²) in [4.78, 5) is 18.3. The Morgan fingerprint density at radius 3 is 3.00 bits per heavy atom. The van der Waals surface area contributed by atoms with Gasteiger partial charge in [0.2, 0.25) is 0 Å². The number of hydrogen-bond acceptors (Lipinski definition) is 5. The molecule has 0 aliphatic rings. The van der Waals surface area contributed by atoms with Gasteiger partial charge >= 0.3 is 5.97 Å². The molecule has 0 aromatic carbocycles. The lowest BCUT2D eigenvalue weighted by Crippen LogP contribution is -2.02. The zero-order valence-corrected chi connectivity index (χ0v) is 10.0. The molecule has 1 aromatic rings. The van der Waals surface area contributed by atoms with Crippen molar-refractivity contribution in [3.8, 4) is 0 Å². The van der Waals surface area contributed by atoms with Gasteiger partial charge in [0.05, 0.1) is 5.69 Å². The molecule has 0 unspecified atom stereocenters. The van der Waals surface area contributed by atoms with Gasteiger partial charge in [-0.15, -0.1) is 12.4 Å². The quantitative estimate of drug-likeness (QED) is 0.586. The monoisotopic (exact) mass is 248 g/mol. The van der Waals surface area contributed by atoms with Crippen LogP contribution in [-0.2, 0) is 15.3 Å². The predicted octanol–water partition coefficient (Wildman–Crippen LogP) is 1.69. The molecule has 0 amide bonds. The topological polar surface area (TPSA) is 52.1 Å². The van der Waals surface area contributed by atoms with Crippen molar-refractivity contribution in [2.45, 2.75) is 12.7 Å². The van der Waals surface area contributed by atoms with Gasteiger partial charge in [-0.25, -0.2) is 9.97 Å². The van der Waals surface area contributed by atoms with Crippen LogP contribution in [0, 0.1) is 0 Å². The van der Waals surface area contributed by atoms with Crippen LogP contribution in [0.15, 0.2) is 18.6 Å². The number of nitrogens with zero attached hydrogens (tertiary/aromatic N) is 2. The van der Waals surface area contributed by atoms with Gasteiger partial charge in [-0.3, -0.25) is 4.79 Å². The predicted molar refractivity (Wildman–Crippen MR) is 62.1 cm³/mol. The second-order valence-corrected chi connectivity index (χ2v) is 3.70. The van der Waals surface area contributed by atoms with Crippen LogP contribution in [-0.4, -0.2) is 28.3 Å². The van der Waals surface area contributed by atoms with E-state index in [0.29, 0.717) is 6.61 Å². The maximum absolute atomic E-state index is 10.4. The van der Waals surface area contributed by atoms with E-state index in [-0.39, 0.29) is 18.4 Å². The fraction of sp³-hybridized carbons (Fsp3) is 0.444. The second-order valence-electron chi connectivity index (χ2n) is 2.59. The fourth-order valence-corrected chi connectivity index (χ4v) is 1.55. The molecular formula is C9H13ClN2O2S. The summed E-state index contributed by atoms with van der Waals surface area (Å²) in [6.07, 6.45) is 3.25. The minimum Gasteiger partial charge on any atom is -0.465 e. The molecule has 0 aliphatic heterocycles. The summed E-state index contributed by atoms with van der Waals surface area (Å²) in [5.41, 5.74) is 0.993. The van der Waals surface area contributed by atoms with E-state index in [0.717, 1.165) is 17.2 Å². The first-order chi connectivity index (χ1) is 6.79. The van der Waals surface area contributed by atoms with Gasteiger partial charge in [-0.05, 0) is 6.07 Å². The normalized spacial score (nSPS) is 9.13. The second kappa shape index (κ2) is 8.49. The standard InChI is InChI=1S/C9H12N2O2S.ClH/c1-8(12)13-4-5-14-6-9-2-3-10-7-11-9;/h2-3,7H,4-6H2,1H3;1H. The van der Waals surface area contributed by atoms with Gasteiger partial charge < -0.3 is 4.74 Å². The molecule has 4 nitrogen and oxygen atoms in total. The van der Waals surface area contributed by atoms with Gasteiger partial charge in [-0.2, -0.15) is 11.8 Å². The molecule has 0 saturated carbocycles. The van der Waals surface area contributed by atoms with Crippen LogP contribution in [0.4, 0.5) is 0 Å². The Hall–Kier alpha value is -0.810. The van der Waals surface area contributed by atoms with E-state index in [2.05, 4.69) is 9.97 Å². The van der Waals surface area contributed by atoms with E-state index in [1.54, 1.807) is 18.0 Å². The fourth-order valence-electron chi connectivity index (χ4n) is 0.825. The van der Waals surface area contributed by atoms with Crippen LogP contribution < -0.4 is 0 Å². The summed E-state index contributed by atoms with van der Waals surface area (Å²) >= 11 is 1.68. The van der Waals surface area contributed by atoms with Crippen LogP contribution in [0.5, 0.6) is 0 Å². The Labute approximate surface area is 99.2 Å². The maximum atomic E-state index is 10.4. The van der Waals surface area contributed by atoms with Gasteiger partial charge in [-0.1, -0.05) is 0 Å². The number of esters is 1. The minimum absolute atomic E-state index is 0. The van der Waals surface area contributed by atoms with E-state index in [4.69, 9.17) is 4.74 Å². The largest absolute Gasteiger partial charge is 0.465 e. The van der Waals surface area contributed by atoms with E-state index < -0.39 is 0 Å². The number of carbonyl (C=O) groups is 1. The molecule has 0 saturated heterocycles. The van der Waals surface area contributed by atoms with E-state index in [1.807, 2.05) is 6.07 Å². The highest BCUT2D eigenvalue weighted by Crippen LogP contribution is 2.08. The summed E-state index contributed by atoms with van der Waals surface area (Å²) < 4.78 is 4.79. The highest BCUT2D eigenvalue weighted by atomic mass is 35.5. The molecule has 0 radical (unpaired) electrons. The van der Waals surface area contributed by atoms with Crippen LogP contribution >= 0.6 is 24.2 Å². The SMILES string of the molecule is CC(=O)OCCSCc1ccncn1.Cl. The summed E-state index contributed by atoms with van der Waals surface area (Å²) in [5.74, 6) is 1.39. The third kappa shape index (κ3) is 7.16. The third-order valence-electron chi connectivity index (χ3n) is 1.43. The molecule has 0 bridgehead atoms. The molecule has 1 aromatic heterocycles. The maximum Gasteiger partial charge on any atom is 0.302 e. The van der Waals surface area contributed by atoms with Crippen molar-refractivity contribution in [2.75, 3.05) is 12.4 Å². The van der Waals surface area contributed by atoms with E-state index in [9.17, 15) is 4.79 Å². The molecule has 1 rings (SSSR count). The molecule has 6 heteroatoms. The lowest BCUT2D eigenvalue weighted by atomic mass is 10.5. The Morgan fingerprint density at radius 1 is 1.60 bits per heavy atom. The summed E-state index contributed by atoms with van der Waals surface area (Å²) in [6.45, 7) is 1.88. The van der Waals surface area contributed by atoms with Crippen molar-refractivity contribution < 1.29 is 9.53 Å². The molecule has 0 atom stereocenters. The smallest absolute Gasteiger partial charge is 0.302 e. The molecular weight excluding hydrogens is 236 g/mol. The van der Waals surface area contributed by atoms with Gasteiger partial charge in [0.1, 0.15) is 12.9 Å². The summed E-state index contributed by atoms with van der Waals surface area (Å²) in [6, 6.07) is 1.87. The van der Waals surface area contributed by atoms with Crippen molar-refractivity contribution in [3.63, 3.8) is 0 Å². The van der Waals surface area contributed by atoms with Crippen molar-refractivity contribution in [1.29, 1.82) is 0 Å². The Bertz CT molecular complexity index is 285. The molecule has 0 spiro atoms. The molecule has 0 aliphatic carbocycles. The highest BCUT2D eigenvalue weighted by molar-refractivity contribution is 7.98. The number of aromatic nitrogens is 2. The van der Waals surface area contributed by atoms with Crippen LogP contribution in [0.2, 0.25) is 0 Å². The Kier molecular flexibility index (Phi) is 8.04.